The summed E-state index contributed by atoms with van der Waals surface area (Å²) in [5, 5.41) is 4.56. The monoisotopic (exact) mass is 573 g/mol. The van der Waals surface area contributed by atoms with Gasteiger partial charge >= 0.3 is 6.09 Å². The van der Waals surface area contributed by atoms with E-state index in [4.69, 9.17) is 21.3 Å². The first-order valence-corrected chi connectivity index (χ1v) is 15.2. The molecular formula is C32H48ClN3O2S. The van der Waals surface area contributed by atoms with Crippen LogP contribution in [0.25, 0.3) is 11.3 Å². The van der Waals surface area contributed by atoms with Crippen molar-refractivity contribution >= 4 is 34.2 Å². The predicted molar refractivity (Wildman–Crippen MR) is 170 cm³/mol. The van der Waals surface area contributed by atoms with Crippen molar-refractivity contribution in [3.05, 3.63) is 69.6 Å². The van der Waals surface area contributed by atoms with Gasteiger partial charge in [0.05, 0.1) is 5.69 Å². The van der Waals surface area contributed by atoms with Crippen molar-refractivity contribution in [3.8, 4) is 11.3 Å². The molecule has 3 rings (SSSR count). The second-order valence-electron chi connectivity index (χ2n) is 10.2. The topological polar surface area (TPSA) is 54.5 Å². The molecule has 1 amide bonds. The fraction of sp³-hybridized carbons (Fsp3) is 0.500. The van der Waals surface area contributed by atoms with Gasteiger partial charge in [0.1, 0.15) is 5.60 Å². The van der Waals surface area contributed by atoms with E-state index in [1.807, 2.05) is 85.7 Å². The highest BCUT2D eigenvalue weighted by Crippen LogP contribution is 2.36. The van der Waals surface area contributed by atoms with Crippen LogP contribution in [0.5, 0.6) is 0 Å². The van der Waals surface area contributed by atoms with Crippen LogP contribution in [0.1, 0.15) is 78.3 Å². The van der Waals surface area contributed by atoms with Gasteiger partial charge in [-0.3, -0.25) is 0 Å². The number of alkyl carbamates (subject to hydrolysis) is 1. The van der Waals surface area contributed by atoms with Gasteiger partial charge in [0.25, 0.3) is 0 Å². The van der Waals surface area contributed by atoms with Gasteiger partial charge in [-0.25, -0.2) is 9.78 Å². The largest absolute Gasteiger partial charge is 0.444 e. The molecule has 0 saturated heterocycles. The van der Waals surface area contributed by atoms with Crippen LogP contribution in [0, 0.1) is 12.8 Å². The van der Waals surface area contributed by atoms with Crippen LogP contribution in [0.4, 0.5) is 9.93 Å². The molecule has 0 bridgehead atoms. The Hall–Kier alpha value is -2.57. The summed E-state index contributed by atoms with van der Waals surface area (Å²) in [4.78, 5) is 20.7. The Labute approximate surface area is 246 Å². The van der Waals surface area contributed by atoms with Crippen LogP contribution < -0.4 is 10.2 Å². The quantitative estimate of drug-likeness (QED) is 0.277. The fourth-order valence-electron chi connectivity index (χ4n) is 3.60. The van der Waals surface area contributed by atoms with Crippen molar-refractivity contribution in [1.82, 2.24) is 10.3 Å². The zero-order chi connectivity index (χ0) is 29.6. The lowest BCUT2D eigenvalue weighted by Gasteiger charge is -2.23. The molecule has 0 aliphatic rings. The second-order valence-corrected chi connectivity index (χ2v) is 11.6. The predicted octanol–water partition coefficient (Wildman–Crippen LogP) is 9.55. The normalized spacial score (nSPS) is 10.7. The average molecular weight is 574 g/mol. The molecule has 2 aromatic carbocycles. The maximum atomic E-state index is 12.2. The van der Waals surface area contributed by atoms with E-state index in [9.17, 15) is 4.79 Å². The van der Waals surface area contributed by atoms with E-state index in [0.717, 1.165) is 33.4 Å². The Morgan fingerprint density at radius 3 is 2.28 bits per heavy atom. The minimum absolute atomic E-state index is 0.410. The first-order valence-electron chi connectivity index (χ1n) is 14.0. The number of aromatic nitrogens is 1. The number of carbonyl (C=O) groups excluding carboxylic acids is 1. The average Bonchev–Trinajstić information content (AvgIpc) is 3.30. The van der Waals surface area contributed by atoms with Crippen LogP contribution in [-0.2, 0) is 17.7 Å². The molecule has 0 unspecified atom stereocenters. The Balaban J connectivity index is 0.00000181. The van der Waals surface area contributed by atoms with Gasteiger partial charge in [0.15, 0.2) is 5.13 Å². The first kappa shape index (κ1) is 34.5. The zero-order valence-corrected chi connectivity index (χ0v) is 27.1. The standard InChI is InChI=1S/C28H36ClN3O2S.2C2H6/c1-19(2)16-24-25(22-13-12-20(3)23(29)17-22)31-26(35-24)32(18-21-10-8-7-9-11-21)15-14-30-27(33)34-28(4,5)6;2*1-2/h7-13,17,19H,14-16,18H2,1-6H3,(H,30,33);2*1-2H3. The molecule has 3 aromatic rings. The minimum atomic E-state index is -0.529. The zero-order valence-electron chi connectivity index (χ0n) is 25.5. The number of benzene rings is 2. The van der Waals surface area contributed by atoms with E-state index in [-0.39, 0.29) is 0 Å². The molecule has 7 heteroatoms. The summed E-state index contributed by atoms with van der Waals surface area (Å²) in [6, 6.07) is 16.5. The number of aryl methyl sites for hydroxylation is 1. The van der Waals surface area contributed by atoms with E-state index >= 15 is 0 Å². The Bertz CT molecular complexity index is 1120. The Morgan fingerprint density at radius 1 is 1.08 bits per heavy atom. The maximum absolute atomic E-state index is 12.2. The van der Waals surface area contributed by atoms with E-state index in [0.29, 0.717) is 25.6 Å². The van der Waals surface area contributed by atoms with Gasteiger partial charge in [-0.15, -0.1) is 11.3 Å². The van der Waals surface area contributed by atoms with Crippen molar-refractivity contribution in [2.45, 2.75) is 87.8 Å². The van der Waals surface area contributed by atoms with Gasteiger partial charge in [0, 0.05) is 35.1 Å². The summed E-state index contributed by atoms with van der Waals surface area (Å²) < 4.78 is 5.40. The third-order valence-corrected chi connectivity index (χ3v) is 6.81. The molecule has 0 saturated carbocycles. The van der Waals surface area contributed by atoms with Gasteiger partial charge in [-0.2, -0.15) is 0 Å². The van der Waals surface area contributed by atoms with Crippen molar-refractivity contribution in [2.24, 2.45) is 5.92 Å². The number of hydrogen-bond acceptors (Lipinski definition) is 5. The summed E-state index contributed by atoms with van der Waals surface area (Å²) in [5.74, 6) is 0.499. The van der Waals surface area contributed by atoms with Crippen molar-refractivity contribution < 1.29 is 9.53 Å². The van der Waals surface area contributed by atoms with E-state index < -0.39 is 11.7 Å². The van der Waals surface area contributed by atoms with Gasteiger partial charge in [0.2, 0.25) is 0 Å². The molecule has 5 nitrogen and oxygen atoms in total. The number of hydrogen-bond donors (Lipinski definition) is 1. The molecular weight excluding hydrogens is 526 g/mol. The number of rotatable bonds is 9. The van der Waals surface area contributed by atoms with Gasteiger partial charge in [-0.05, 0) is 57.2 Å². The summed E-state index contributed by atoms with van der Waals surface area (Å²) in [6.07, 6.45) is 0.528. The molecule has 1 N–H and O–H groups in total. The summed E-state index contributed by atoms with van der Waals surface area (Å²) >= 11 is 8.17. The molecule has 0 spiro atoms. The lowest BCUT2D eigenvalue weighted by molar-refractivity contribution is 0.0529. The number of ether oxygens (including phenoxy) is 1. The molecule has 0 fully saturated rings. The molecule has 1 aromatic heterocycles. The Morgan fingerprint density at radius 2 is 1.72 bits per heavy atom. The summed E-state index contributed by atoms with van der Waals surface area (Å²) in [6.45, 7) is 21.8. The second kappa shape index (κ2) is 17.2. The fourth-order valence-corrected chi connectivity index (χ4v) is 5.10. The number of nitrogens with zero attached hydrogens (tertiary/aromatic N) is 2. The Kier molecular flexibility index (Phi) is 15.2. The number of nitrogens with one attached hydrogen (secondary N) is 1. The highest BCUT2D eigenvalue weighted by Gasteiger charge is 2.20. The third kappa shape index (κ3) is 12.0. The molecule has 0 radical (unpaired) electrons. The van der Waals surface area contributed by atoms with Crippen LogP contribution >= 0.6 is 22.9 Å². The SMILES string of the molecule is CC.CC.Cc1ccc(-c2nc(N(CCNC(=O)OC(C)(C)C)Cc3ccccc3)sc2CC(C)C)cc1Cl. The van der Waals surface area contributed by atoms with Crippen molar-refractivity contribution in [1.29, 1.82) is 0 Å². The first-order chi connectivity index (χ1) is 18.5. The van der Waals surface area contributed by atoms with Crippen LogP contribution in [0.15, 0.2) is 48.5 Å². The highest BCUT2D eigenvalue weighted by atomic mass is 35.5. The number of halogens is 1. The van der Waals surface area contributed by atoms with Gasteiger partial charge < -0.3 is 15.0 Å². The third-order valence-electron chi connectivity index (χ3n) is 5.26. The minimum Gasteiger partial charge on any atom is -0.444 e. The maximum Gasteiger partial charge on any atom is 0.407 e. The highest BCUT2D eigenvalue weighted by molar-refractivity contribution is 7.16. The number of amides is 1. The van der Waals surface area contributed by atoms with Gasteiger partial charge in [-0.1, -0.05) is 95.6 Å². The van der Waals surface area contributed by atoms with E-state index in [1.165, 1.54) is 10.4 Å². The summed E-state index contributed by atoms with van der Waals surface area (Å²) in [5.41, 5.74) is 3.73. The molecule has 216 valence electrons. The lowest BCUT2D eigenvalue weighted by atomic mass is 10.0. The lowest BCUT2D eigenvalue weighted by Crippen LogP contribution is -2.38. The van der Waals surface area contributed by atoms with E-state index in [1.54, 1.807) is 11.3 Å². The van der Waals surface area contributed by atoms with Crippen LogP contribution in [-0.4, -0.2) is 29.8 Å². The van der Waals surface area contributed by atoms with Crippen LogP contribution in [0.3, 0.4) is 0 Å². The number of carbonyl (C=O) groups is 1. The molecule has 0 atom stereocenters. The summed E-state index contributed by atoms with van der Waals surface area (Å²) in [7, 11) is 0. The van der Waals surface area contributed by atoms with E-state index in [2.05, 4.69) is 42.3 Å². The smallest absolute Gasteiger partial charge is 0.407 e. The van der Waals surface area contributed by atoms with Crippen LogP contribution in [0.2, 0.25) is 5.02 Å². The number of anilines is 1. The molecule has 0 aliphatic heterocycles. The van der Waals surface area contributed by atoms with Crippen molar-refractivity contribution in [3.63, 3.8) is 0 Å². The molecule has 39 heavy (non-hydrogen) atoms. The van der Waals surface area contributed by atoms with Crippen molar-refractivity contribution in [2.75, 3.05) is 18.0 Å². The molecule has 1 heterocycles. The molecule has 0 aliphatic carbocycles. The number of thiazole rings is 1.